The fraction of sp³-hybridized carbons (Fsp3) is 0.0667. The number of benzene rings is 2. The average Bonchev–Trinajstić information content (AvgIpc) is 2.47. The Morgan fingerprint density at radius 3 is 2.42 bits per heavy atom. The van der Waals surface area contributed by atoms with E-state index >= 15 is 0 Å². The van der Waals surface area contributed by atoms with Crippen LogP contribution >= 0.6 is 11.6 Å². The van der Waals surface area contributed by atoms with Crippen LogP contribution in [0.1, 0.15) is 0 Å². The zero-order valence-electron chi connectivity index (χ0n) is 10.3. The van der Waals surface area contributed by atoms with E-state index in [0.717, 1.165) is 22.1 Å². The van der Waals surface area contributed by atoms with Crippen molar-refractivity contribution < 1.29 is 4.74 Å². The molecule has 1 heterocycles. The van der Waals surface area contributed by atoms with Crippen molar-refractivity contribution in [3.05, 3.63) is 53.9 Å². The largest absolute Gasteiger partial charge is 0.496 e. The van der Waals surface area contributed by atoms with Crippen molar-refractivity contribution in [3.8, 4) is 17.0 Å². The van der Waals surface area contributed by atoms with Crippen LogP contribution < -0.4 is 4.74 Å². The third-order valence-electron chi connectivity index (χ3n) is 3.01. The first-order valence-corrected chi connectivity index (χ1v) is 6.21. The van der Waals surface area contributed by atoms with Crippen LogP contribution in [0.5, 0.6) is 5.75 Å². The Bertz CT molecular complexity index is 743. The van der Waals surface area contributed by atoms with E-state index in [2.05, 4.69) is 9.97 Å². The molecule has 19 heavy (non-hydrogen) atoms. The highest BCUT2D eigenvalue weighted by Gasteiger charge is 2.11. The van der Waals surface area contributed by atoms with Gasteiger partial charge in [-0.25, -0.2) is 4.98 Å². The molecule has 0 spiro atoms. The second kappa shape index (κ2) is 4.86. The summed E-state index contributed by atoms with van der Waals surface area (Å²) in [6.07, 6.45) is 3.22. The van der Waals surface area contributed by atoms with Crippen molar-refractivity contribution in [1.82, 2.24) is 9.97 Å². The minimum Gasteiger partial charge on any atom is -0.496 e. The molecular weight excluding hydrogens is 260 g/mol. The number of halogens is 1. The standard InChI is InChI=1S/C15H11ClN2O/c1-19-13-7-6-12(10-4-2-3-5-11(10)13)14-15(16)18-9-8-17-14/h2-9H,1H3. The Hall–Kier alpha value is -2.13. The summed E-state index contributed by atoms with van der Waals surface area (Å²) in [5, 5.41) is 2.48. The van der Waals surface area contributed by atoms with Gasteiger partial charge in [-0.3, -0.25) is 4.98 Å². The van der Waals surface area contributed by atoms with Gasteiger partial charge in [-0.15, -0.1) is 0 Å². The second-order valence-corrected chi connectivity index (χ2v) is 4.41. The van der Waals surface area contributed by atoms with Gasteiger partial charge in [0.15, 0.2) is 5.15 Å². The third-order valence-corrected chi connectivity index (χ3v) is 3.29. The minimum absolute atomic E-state index is 0.401. The number of hydrogen-bond donors (Lipinski definition) is 0. The quantitative estimate of drug-likeness (QED) is 0.707. The highest BCUT2D eigenvalue weighted by molar-refractivity contribution is 6.32. The molecule has 0 atom stereocenters. The predicted octanol–water partition coefficient (Wildman–Crippen LogP) is 3.96. The predicted molar refractivity (Wildman–Crippen MR) is 76.5 cm³/mol. The van der Waals surface area contributed by atoms with Crippen molar-refractivity contribution in [2.75, 3.05) is 7.11 Å². The number of fused-ring (bicyclic) bond motifs is 1. The summed E-state index contributed by atoms with van der Waals surface area (Å²) < 4.78 is 5.38. The maximum absolute atomic E-state index is 6.13. The second-order valence-electron chi connectivity index (χ2n) is 4.06. The van der Waals surface area contributed by atoms with Gasteiger partial charge in [-0.2, -0.15) is 0 Å². The lowest BCUT2D eigenvalue weighted by Gasteiger charge is -2.10. The number of methoxy groups -OCH3 is 1. The van der Waals surface area contributed by atoms with Crippen molar-refractivity contribution >= 4 is 22.4 Å². The average molecular weight is 271 g/mol. The number of nitrogens with zero attached hydrogens (tertiary/aromatic N) is 2. The highest BCUT2D eigenvalue weighted by atomic mass is 35.5. The van der Waals surface area contributed by atoms with Gasteiger partial charge in [0, 0.05) is 23.3 Å². The molecule has 0 aliphatic carbocycles. The summed E-state index contributed by atoms with van der Waals surface area (Å²) in [7, 11) is 1.66. The minimum atomic E-state index is 0.401. The first-order valence-electron chi connectivity index (χ1n) is 5.84. The zero-order valence-corrected chi connectivity index (χ0v) is 11.1. The molecule has 1 aromatic heterocycles. The first kappa shape index (κ1) is 11.9. The van der Waals surface area contributed by atoms with Gasteiger partial charge in [0.1, 0.15) is 11.4 Å². The zero-order chi connectivity index (χ0) is 13.2. The van der Waals surface area contributed by atoms with E-state index in [-0.39, 0.29) is 0 Å². The summed E-state index contributed by atoms with van der Waals surface area (Å²) in [4.78, 5) is 8.40. The molecule has 3 rings (SSSR count). The molecule has 0 amide bonds. The molecule has 0 radical (unpaired) electrons. The van der Waals surface area contributed by atoms with Crippen molar-refractivity contribution in [2.24, 2.45) is 0 Å². The Labute approximate surface area is 115 Å². The molecule has 2 aromatic carbocycles. The Morgan fingerprint density at radius 2 is 1.68 bits per heavy atom. The SMILES string of the molecule is COc1ccc(-c2nccnc2Cl)c2ccccc12. The molecule has 0 bridgehead atoms. The lowest BCUT2D eigenvalue weighted by molar-refractivity contribution is 0.420. The Kier molecular flexibility index (Phi) is 3.05. The molecule has 0 aliphatic heterocycles. The Balaban J connectivity index is 2.35. The Morgan fingerprint density at radius 1 is 0.947 bits per heavy atom. The molecule has 0 saturated heterocycles. The molecule has 0 unspecified atom stereocenters. The lowest BCUT2D eigenvalue weighted by Crippen LogP contribution is -1.91. The molecule has 94 valence electrons. The molecule has 4 heteroatoms. The van der Waals surface area contributed by atoms with Crippen LogP contribution in [0, 0.1) is 0 Å². The maximum atomic E-state index is 6.13. The highest BCUT2D eigenvalue weighted by Crippen LogP contribution is 2.35. The fourth-order valence-electron chi connectivity index (χ4n) is 2.16. The van der Waals surface area contributed by atoms with E-state index in [1.165, 1.54) is 0 Å². The molecule has 0 saturated carbocycles. The number of aromatic nitrogens is 2. The summed E-state index contributed by atoms with van der Waals surface area (Å²) in [6.45, 7) is 0. The van der Waals surface area contributed by atoms with Crippen LogP contribution in [0.3, 0.4) is 0 Å². The van der Waals surface area contributed by atoms with Crippen LogP contribution in [-0.2, 0) is 0 Å². The molecule has 0 aliphatic rings. The van der Waals surface area contributed by atoms with Crippen molar-refractivity contribution in [3.63, 3.8) is 0 Å². The van der Waals surface area contributed by atoms with Crippen LogP contribution in [-0.4, -0.2) is 17.1 Å². The molecule has 0 fully saturated rings. The molecule has 3 nitrogen and oxygen atoms in total. The van der Waals surface area contributed by atoms with Crippen LogP contribution in [0.2, 0.25) is 5.15 Å². The summed E-state index contributed by atoms with van der Waals surface area (Å²) in [5.74, 6) is 0.833. The van der Waals surface area contributed by atoms with E-state index in [4.69, 9.17) is 16.3 Å². The van der Waals surface area contributed by atoms with Crippen molar-refractivity contribution in [1.29, 1.82) is 0 Å². The van der Waals surface area contributed by atoms with E-state index in [9.17, 15) is 0 Å². The summed E-state index contributed by atoms with van der Waals surface area (Å²) in [6, 6.07) is 11.9. The number of hydrogen-bond acceptors (Lipinski definition) is 3. The molecule has 0 N–H and O–H groups in total. The van der Waals surface area contributed by atoms with Crippen LogP contribution in [0.15, 0.2) is 48.8 Å². The smallest absolute Gasteiger partial charge is 0.155 e. The first-order chi connectivity index (χ1) is 9.31. The van der Waals surface area contributed by atoms with Gasteiger partial charge in [0.2, 0.25) is 0 Å². The monoisotopic (exact) mass is 270 g/mol. The van der Waals surface area contributed by atoms with Gasteiger partial charge >= 0.3 is 0 Å². The van der Waals surface area contributed by atoms with Crippen LogP contribution in [0.4, 0.5) is 0 Å². The third kappa shape index (κ3) is 2.02. The lowest BCUT2D eigenvalue weighted by atomic mass is 10.0. The normalized spacial score (nSPS) is 10.6. The maximum Gasteiger partial charge on any atom is 0.155 e. The van der Waals surface area contributed by atoms with Gasteiger partial charge in [0.25, 0.3) is 0 Å². The van der Waals surface area contributed by atoms with Gasteiger partial charge < -0.3 is 4.74 Å². The van der Waals surface area contributed by atoms with E-state index in [0.29, 0.717) is 10.8 Å². The van der Waals surface area contributed by atoms with Crippen LogP contribution in [0.25, 0.3) is 22.0 Å². The fourth-order valence-corrected chi connectivity index (χ4v) is 2.36. The topological polar surface area (TPSA) is 35.0 Å². The number of rotatable bonds is 2. The number of ether oxygens (including phenoxy) is 1. The molecule has 3 aromatic rings. The summed E-state index contributed by atoms with van der Waals surface area (Å²) >= 11 is 6.13. The van der Waals surface area contributed by atoms with E-state index in [1.54, 1.807) is 19.5 Å². The van der Waals surface area contributed by atoms with E-state index in [1.807, 2.05) is 36.4 Å². The summed E-state index contributed by atoms with van der Waals surface area (Å²) in [5.41, 5.74) is 1.64. The van der Waals surface area contributed by atoms with Gasteiger partial charge in [0.05, 0.1) is 7.11 Å². The molecular formula is C15H11ClN2O. The van der Waals surface area contributed by atoms with E-state index < -0.39 is 0 Å². The van der Waals surface area contributed by atoms with Crippen molar-refractivity contribution in [2.45, 2.75) is 0 Å². The van der Waals surface area contributed by atoms with Gasteiger partial charge in [-0.1, -0.05) is 35.9 Å². The van der Waals surface area contributed by atoms with Gasteiger partial charge in [-0.05, 0) is 17.5 Å².